The zero-order chi connectivity index (χ0) is 33.2. The zero-order valence-electron chi connectivity index (χ0n) is 27.9. The number of hydrogen-bond acceptors (Lipinski definition) is 11. The summed E-state index contributed by atoms with van der Waals surface area (Å²) in [5.41, 5.74) is 6.98. The number of aryl methyl sites for hydroxylation is 1. The number of carbonyl (C=O) groups excluding carboxylic acids is 2. The van der Waals surface area contributed by atoms with Crippen molar-refractivity contribution in [2.45, 2.75) is 128 Å². The lowest BCUT2D eigenvalue weighted by Gasteiger charge is -2.42. The van der Waals surface area contributed by atoms with E-state index in [0.29, 0.717) is 68.5 Å². The molecule has 0 radical (unpaired) electrons. The molecule has 2 saturated carbocycles. The highest BCUT2D eigenvalue weighted by Crippen LogP contribution is 2.42. The summed E-state index contributed by atoms with van der Waals surface area (Å²) in [6.07, 6.45) is 12.4. The van der Waals surface area contributed by atoms with Crippen LogP contribution in [-0.4, -0.2) is 75.5 Å². The van der Waals surface area contributed by atoms with E-state index in [4.69, 9.17) is 15.2 Å². The van der Waals surface area contributed by atoms with Gasteiger partial charge >= 0.3 is 5.97 Å². The quantitative estimate of drug-likeness (QED) is 0.231. The van der Waals surface area contributed by atoms with Crippen LogP contribution < -0.4 is 15.8 Å². The van der Waals surface area contributed by atoms with Gasteiger partial charge in [-0.3, -0.25) is 9.59 Å². The van der Waals surface area contributed by atoms with E-state index in [9.17, 15) is 19.8 Å². The summed E-state index contributed by atoms with van der Waals surface area (Å²) in [6.45, 7) is 3.01. The molecule has 0 aromatic heterocycles. The van der Waals surface area contributed by atoms with E-state index >= 15 is 0 Å². The summed E-state index contributed by atoms with van der Waals surface area (Å²) in [6, 6.07) is 3.89. The Kier molecular flexibility index (Phi) is 13.3. The van der Waals surface area contributed by atoms with Crippen molar-refractivity contribution >= 4 is 39.4 Å². The van der Waals surface area contributed by atoms with Gasteiger partial charge < -0.3 is 35.6 Å². The first-order valence-electron chi connectivity index (χ1n) is 17.6. The second kappa shape index (κ2) is 17.4. The number of aromatic hydroxyl groups is 1. The van der Waals surface area contributed by atoms with Gasteiger partial charge in [-0.25, -0.2) is 4.99 Å². The Hall–Kier alpha value is -2.31. The molecule has 0 spiro atoms. The molecular weight excluding hydrogens is 637 g/mol. The van der Waals surface area contributed by atoms with Gasteiger partial charge in [-0.2, -0.15) is 0 Å². The molecule has 1 saturated heterocycles. The first-order valence-corrected chi connectivity index (χ1v) is 20.1. The number of nitrogens with zero attached hydrogens (tertiary/aromatic N) is 2. The predicted molar refractivity (Wildman–Crippen MR) is 188 cm³/mol. The number of aliphatic hydroxyl groups is 1. The highest BCUT2D eigenvalue weighted by molar-refractivity contribution is 8.76. The minimum absolute atomic E-state index is 0.0643. The van der Waals surface area contributed by atoms with Crippen molar-refractivity contribution in [2.75, 3.05) is 24.7 Å². The molecule has 47 heavy (non-hydrogen) atoms. The SMILES string of the molecule is CC(=O)OC12CCc3cc(c(O)c(OC4CCCC4)c3)CN3CC(CCNC(N)=NCSSCCCCCC(CC1)C(O)C2)CC3=O. The zero-order valence-corrected chi connectivity index (χ0v) is 29.6. The van der Waals surface area contributed by atoms with E-state index in [2.05, 4.69) is 10.3 Å². The molecule has 5 N–H and O–H groups in total. The Morgan fingerprint density at radius 1 is 1.09 bits per heavy atom. The van der Waals surface area contributed by atoms with Crippen LogP contribution in [-0.2, 0) is 27.3 Å². The monoisotopic (exact) mass is 690 g/mol. The lowest BCUT2D eigenvalue weighted by molar-refractivity contribution is -0.168. The van der Waals surface area contributed by atoms with Crippen molar-refractivity contribution in [1.29, 1.82) is 0 Å². The molecule has 1 amide bonds. The number of ether oxygens (including phenoxy) is 2. The van der Waals surface area contributed by atoms with Crippen LogP contribution in [0.25, 0.3) is 0 Å². The van der Waals surface area contributed by atoms with E-state index < -0.39 is 11.7 Å². The molecule has 1 aromatic rings. The van der Waals surface area contributed by atoms with Crippen molar-refractivity contribution < 1.29 is 29.3 Å². The van der Waals surface area contributed by atoms with Crippen LogP contribution in [0.2, 0.25) is 0 Å². The topological polar surface area (TPSA) is 147 Å². The summed E-state index contributed by atoms with van der Waals surface area (Å²) in [4.78, 5) is 31.7. The maximum absolute atomic E-state index is 13.1. The number of nitrogens with one attached hydrogen (secondary N) is 1. The Bertz CT molecular complexity index is 1240. The van der Waals surface area contributed by atoms with Crippen LogP contribution in [0.15, 0.2) is 17.1 Å². The number of fused-ring (bicyclic) bond motifs is 14. The number of phenolic OH excluding ortho intramolecular Hbond substituents is 1. The smallest absolute Gasteiger partial charge is 0.303 e. The van der Waals surface area contributed by atoms with Crippen LogP contribution in [0.4, 0.5) is 0 Å². The number of rotatable bonds is 3. The molecule has 4 unspecified atom stereocenters. The van der Waals surface area contributed by atoms with Crippen LogP contribution in [0.3, 0.4) is 0 Å². The van der Waals surface area contributed by atoms with Gasteiger partial charge in [0.15, 0.2) is 17.5 Å². The summed E-state index contributed by atoms with van der Waals surface area (Å²) in [7, 11) is 3.51. The number of aliphatic hydroxyl groups excluding tert-OH is 1. The van der Waals surface area contributed by atoms with E-state index in [0.717, 1.165) is 81.9 Å². The average Bonchev–Trinajstić information content (AvgIpc) is 3.66. The van der Waals surface area contributed by atoms with Crippen molar-refractivity contribution in [2.24, 2.45) is 22.6 Å². The summed E-state index contributed by atoms with van der Waals surface area (Å²) in [5.74, 6) is 2.77. The third-order valence-corrected chi connectivity index (χ3v) is 12.5. The second-order valence-corrected chi connectivity index (χ2v) is 16.5. The molecule has 6 rings (SSSR count). The second-order valence-electron chi connectivity index (χ2n) is 14.0. The molecule has 2 aliphatic carbocycles. The van der Waals surface area contributed by atoms with Gasteiger partial charge in [-0.15, -0.1) is 0 Å². The normalized spacial score (nSPS) is 29.2. The van der Waals surface area contributed by atoms with Gasteiger partial charge in [-0.05, 0) is 94.1 Å². The molecular formula is C35H54N4O6S2. The number of amides is 1. The molecule has 12 heteroatoms. The maximum Gasteiger partial charge on any atom is 0.303 e. The Balaban J connectivity index is 1.35. The Morgan fingerprint density at radius 2 is 1.89 bits per heavy atom. The highest BCUT2D eigenvalue weighted by Gasteiger charge is 2.42. The van der Waals surface area contributed by atoms with Crippen molar-refractivity contribution in [3.05, 3.63) is 23.3 Å². The molecule has 3 fully saturated rings. The van der Waals surface area contributed by atoms with Crippen molar-refractivity contribution in [3.8, 4) is 11.5 Å². The Labute approximate surface area is 287 Å². The van der Waals surface area contributed by atoms with E-state index in [1.165, 1.54) is 6.92 Å². The van der Waals surface area contributed by atoms with Crippen LogP contribution in [0, 0.1) is 11.8 Å². The molecule has 3 heterocycles. The molecule has 262 valence electrons. The lowest BCUT2D eigenvalue weighted by Crippen LogP contribution is -2.45. The van der Waals surface area contributed by atoms with Crippen molar-refractivity contribution in [3.63, 3.8) is 0 Å². The van der Waals surface area contributed by atoms with Gasteiger partial charge in [0, 0.05) is 50.7 Å². The Morgan fingerprint density at radius 3 is 2.68 bits per heavy atom. The minimum Gasteiger partial charge on any atom is -0.504 e. The first kappa shape index (κ1) is 36.0. The third kappa shape index (κ3) is 10.6. The number of carbonyl (C=O) groups is 2. The van der Waals surface area contributed by atoms with Gasteiger partial charge in [-0.1, -0.05) is 40.5 Å². The van der Waals surface area contributed by atoms with E-state index in [1.54, 1.807) is 10.8 Å². The molecule has 10 nitrogen and oxygen atoms in total. The molecule has 4 atom stereocenters. The molecule has 1 aromatic carbocycles. The largest absolute Gasteiger partial charge is 0.504 e. The first-order chi connectivity index (χ1) is 22.7. The fourth-order valence-corrected chi connectivity index (χ4v) is 9.54. The van der Waals surface area contributed by atoms with Gasteiger partial charge in [0.25, 0.3) is 0 Å². The van der Waals surface area contributed by atoms with Gasteiger partial charge in [0.2, 0.25) is 5.91 Å². The summed E-state index contributed by atoms with van der Waals surface area (Å²) >= 11 is 0. The molecule has 3 aliphatic heterocycles. The highest BCUT2D eigenvalue weighted by atomic mass is 33.1. The number of aliphatic imine (C=N–C) groups is 1. The predicted octanol–water partition coefficient (Wildman–Crippen LogP) is 5.66. The van der Waals surface area contributed by atoms with Gasteiger partial charge in [0.1, 0.15) is 5.60 Å². The number of esters is 1. The van der Waals surface area contributed by atoms with Crippen LogP contribution in [0.5, 0.6) is 11.5 Å². The van der Waals surface area contributed by atoms with Gasteiger partial charge in [0.05, 0.1) is 18.1 Å². The minimum atomic E-state index is -0.733. The fraction of sp³-hybridized carbons (Fsp3) is 0.743. The summed E-state index contributed by atoms with van der Waals surface area (Å²) in [5, 5.41) is 25.9. The fourth-order valence-electron chi connectivity index (χ4n) is 7.75. The number of guanidine groups is 1. The molecule has 6 bridgehead atoms. The third-order valence-electron chi connectivity index (χ3n) is 10.3. The van der Waals surface area contributed by atoms with E-state index in [-0.39, 0.29) is 35.6 Å². The van der Waals surface area contributed by atoms with Crippen LogP contribution in [0.1, 0.15) is 108 Å². The number of hydrogen-bond donors (Lipinski definition) is 4. The molecule has 5 aliphatic rings. The van der Waals surface area contributed by atoms with Crippen LogP contribution >= 0.6 is 21.6 Å². The van der Waals surface area contributed by atoms with E-state index in [1.807, 2.05) is 27.8 Å². The number of nitrogens with two attached hydrogens (primary N) is 1. The number of benzene rings is 1. The average molecular weight is 691 g/mol. The standard InChI is InChI=1S/C35H54N4O6S2/c1-24(40)45-35-13-10-25-17-28(33(43)31(18-25)44-29-8-4-5-9-29)22-39-21-26(19-32(39)42)12-15-37-34(36)38-23-47-46-16-6-2-3-7-27(11-14-35)30(41)20-35/h17-18,26-27,29-30,41,43H,2-16,19-23H2,1H3,(H3,36,37,38). The number of phenols is 1. The lowest BCUT2D eigenvalue weighted by atomic mass is 9.72. The maximum atomic E-state index is 13.1. The summed E-state index contributed by atoms with van der Waals surface area (Å²) < 4.78 is 12.4. The van der Waals surface area contributed by atoms with Crippen molar-refractivity contribution in [1.82, 2.24) is 10.2 Å².